The van der Waals surface area contributed by atoms with E-state index in [-0.39, 0.29) is 11.9 Å². The summed E-state index contributed by atoms with van der Waals surface area (Å²) in [6, 6.07) is 6.75. The van der Waals surface area contributed by atoms with Crippen LogP contribution in [0.3, 0.4) is 0 Å². The number of nitrogens with one attached hydrogen (secondary N) is 1. The predicted octanol–water partition coefficient (Wildman–Crippen LogP) is 2.44. The molecule has 0 aromatic heterocycles. The molecule has 1 aliphatic heterocycles. The Labute approximate surface area is 119 Å². The van der Waals surface area contributed by atoms with Gasteiger partial charge >= 0.3 is 0 Å². The predicted molar refractivity (Wildman–Crippen MR) is 79.4 cm³/mol. The third kappa shape index (κ3) is 4.88. The fourth-order valence-corrected chi connectivity index (χ4v) is 3.10. The average molecular weight is 279 g/mol. The zero-order valence-electron chi connectivity index (χ0n) is 11.6. The summed E-state index contributed by atoms with van der Waals surface area (Å²) in [5.74, 6) is 1.52. The van der Waals surface area contributed by atoms with Gasteiger partial charge in [-0.05, 0) is 25.8 Å². The van der Waals surface area contributed by atoms with Crippen molar-refractivity contribution in [3.8, 4) is 0 Å². The van der Waals surface area contributed by atoms with Crippen LogP contribution >= 0.6 is 11.8 Å². The average Bonchev–Trinajstić information content (AvgIpc) is 2.80. The quantitative estimate of drug-likeness (QED) is 0.899. The lowest BCUT2D eigenvalue weighted by Gasteiger charge is -2.10. The number of amides is 1. The molecule has 1 atom stereocenters. The third-order valence-electron chi connectivity index (χ3n) is 3.08. The summed E-state index contributed by atoms with van der Waals surface area (Å²) >= 11 is 1.66. The fourth-order valence-electron chi connectivity index (χ4n) is 2.33. The topological polar surface area (TPSA) is 38.3 Å². The summed E-state index contributed by atoms with van der Waals surface area (Å²) < 4.78 is 5.24. The monoisotopic (exact) mass is 279 g/mol. The van der Waals surface area contributed by atoms with E-state index < -0.39 is 0 Å². The maximum absolute atomic E-state index is 11.7. The largest absolute Gasteiger partial charge is 0.379 e. The smallest absolute Gasteiger partial charge is 0.230 e. The van der Waals surface area contributed by atoms with Gasteiger partial charge in [-0.25, -0.2) is 0 Å². The Hall–Kier alpha value is -1.00. The van der Waals surface area contributed by atoms with Crippen molar-refractivity contribution in [1.82, 2.24) is 5.32 Å². The molecule has 0 spiro atoms. The maximum atomic E-state index is 11.7. The normalized spacial score (nSPS) is 18.5. The Morgan fingerprint density at radius 3 is 2.74 bits per heavy atom. The molecule has 0 unspecified atom stereocenters. The minimum Gasteiger partial charge on any atom is -0.379 e. The van der Waals surface area contributed by atoms with E-state index >= 15 is 0 Å². The molecule has 2 rings (SSSR count). The molecular formula is C15H21NO2S. The Morgan fingerprint density at radius 1 is 1.37 bits per heavy atom. The summed E-state index contributed by atoms with van der Waals surface area (Å²) in [7, 11) is 0. The number of benzene rings is 1. The van der Waals surface area contributed by atoms with E-state index in [4.69, 9.17) is 4.74 Å². The van der Waals surface area contributed by atoms with Gasteiger partial charge in [0.2, 0.25) is 5.91 Å². The first-order valence-electron chi connectivity index (χ1n) is 6.65. The molecule has 1 fully saturated rings. The highest BCUT2D eigenvalue weighted by Gasteiger charge is 2.17. The lowest BCUT2D eigenvalue weighted by Crippen LogP contribution is -2.36. The van der Waals surface area contributed by atoms with Gasteiger partial charge in [-0.1, -0.05) is 29.3 Å². The van der Waals surface area contributed by atoms with Gasteiger partial charge in [0.05, 0.1) is 18.4 Å². The molecule has 1 N–H and O–H groups in total. The first-order valence-corrected chi connectivity index (χ1v) is 7.81. The lowest BCUT2D eigenvalue weighted by atomic mass is 10.1. The lowest BCUT2D eigenvalue weighted by molar-refractivity contribution is -0.119. The van der Waals surface area contributed by atoms with E-state index in [9.17, 15) is 4.79 Å². The van der Waals surface area contributed by atoms with Crippen LogP contribution in [0.2, 0.25) is 0 Å². The van der Waals surface area contributed by atoms with Gasteiger partial charge in [0.25, 0.3) is 0 Å². The van der Waals surface area contributed by atoms with Crippen molar-refractivity contribution in [1.29, 1.82) is 0 Å². The van der Waals surface area contributed by atoms with Gasteiger partial charge in [0.15, 0.2) is 0 Å². The number of ether oxygens (including phenoxy) is 1. The number of carbonyl (C=O) groups is 1. The van der Waals surface area contributed by atoms with E-state index in [1.165, 1.54) is 16.7 Å². The molecule has 0 saturated carbocycles. The minimum absolute atomic E-state index is 0.116. The molecule has 0 aliphatic carbocycles. The summed E-state index contributed by atoms with van der Waals surface area (Å²) in [5, 5.41) is 3.00. The molecule has 104 valence electrons. The van der Waals surface area contributed by atoms with Gasteiger partial charge in [0.1, 0.15) is 0 Å². The zero-order chi connectivity index (χ0) is 13.7. The molecule has 1 aromatic carbocycles. The summed E-state index contributed by atoms with van der Waals surface area (Å²) in [6.07, 6.45) is 0.938. The highest BCUT2D eigenvalue weighted by molar-refractivity contribution is 7.99. The van der Waals surface area contributed by atoms with Gasteiger partial charge in [-0.2, -0.15) is 0 Å². The minimum atomic E-state index is 0.116. The summed E-state index contributed by atoms with van der Waals surface area (Å²) in [5.41, 5.74) is 3.85. The van der Waals surface area contributed by atoms with Crippen LogP contribution in [0, 0.1) is 13.8 Å². The Balaban J connectivity index is 1.71. The second-order valence-electron chi connectivity index (χ2n) is 5.12. The van der Waals surface area contributed by atoms with Gasteiger partial charge in [-0.15, -0.1) is 11.8 Å². The van der Waals surface area contributed by atoms with Crippen LogP contribution in [-0.4, -0.2) is 30.9 Å². The second kappa shape index (κ2) is 6.96. The summed E-state index contributed by atoms with van der Waals surface area (Å²) in [4.78, 5) is 11.7. The van der Waals surface area contributed by atoms with Gasteiger partial charge in [0, 0.05) is 12.4 Å². The number of aryl methyl sites for hydroxylation is 2. The number of rotatable bonds is 5. The zero-order valence-corrected chi connectivity index (χ0v) is 12.4. The van der Waals surface area contributed by atoms with Crippen LogP contribution in [0.4, 0.5) is 0 Å². The first kappa shape index (κ1) is 14.4. The van der Waals surface area contributed by atoms with Gasteiger partial charge in [-0.3, -0.25) is 4.79 Å². The van der Waals surface area contributed by atoms with Crippen LogP contribution in [-0.2, 0) is 15.3 Å². The molecule has 0 radical (unpaired) electrons. The van der Waals surface area contributed by atoms with Crippen molar-refractivity contribution in [3.05, 3.63) is 34.9 Å². The molecule has 4 heteroatoms. The third-order valence-corrected chi connectivity index (χ3v) is 4.08. The van der Waals surface area contributed by atoms with Crippen molar-refractivity contribution in [2.45, 2.75) is 32.1 Å². The van der Waals surface area contributed by atoms with Crippen LogP contribution in [0.1, 0.15) is 23.1 Å². The second-order valence-corrected chi connectivity index (χ2v) is 6.10. The van der Waals surface area contributed by atoms with Crippen molar-refractivity contribution in [3.63, 3.8) is 0 Å². The van der Waals surface area contributed by atoms with Gasteiger partial charge < -0.3 is 10.1 Å². The molecule has 19 heavy (non-hydrogen) atoms. The standard InChI is InChI=1S/C15H21NO2S/c1-11-5-12(2)7-13(6-11)9-19-10-15(17)16-14-3-4-18-8-14/h5-7,14H,3-4,8-10H2,1-2H3,(H,16,17)/t14-/m0/s1. The van der Waals surface area contributed by atoms with E-state index in [2.05, 4.69) is 37.4 Å². The SMILES string of the molecule is Cc1cc(C)cc(CSCC(=O)N[C@H]2CCOC2)c1. The van der Waals surface area contributed by atoms with Crippen LogP contribution in [0.5, 0.6) is 0 Å². The molecule has 1 saturated heterocycles. The van der Waals surface area contributed by atoms with E-state index in [0.717, 1.165) is 18.8 Å². The Morgan fingerprint density at radius 2 is 2.11 bits per heavy atom. The van der Waals surface area contributed by atoms with Crippen molar-refractivity contribution < 1.29 is 9.53 Å². The number of thioether (sulfide) groups is 1. The molecule has 1 aromatic rings. The first-order chi connectivity index (χ1) is 9.13. The molecule has 3 nitrogen and oxygen atoms in total. The Bertz CT molecular complexity index is 422. The summed E-state index contributed by atoms with van der Waals surface area (Å²) in [6.45, 7) is 5.63. The number of hydrogen-bond donors (Lipinski definition) is 1. The van der Waals surface area contributed by atoms with Crippen LogP contribution in [0.15, 0.2) is 18.2 Å². The molecule has 1 heterocycles. The van der Waals surface area contributed by atoms with Crippen LogP contribution < -0.4 is 5.32 Å². The van der Waals surface area contributed by atoms with E-state index in [0.29, 0.717) is 12.4 Å². The van der Waals surface area contributed by atoms with E-state index in [1.807, 2.05) is 0 Å². The molecular weight excluding hydrogens is 258 g/mol. The van der Waals surface area contributed by atoms with Crippen molar-refractivity contribution >= 4 is 17.7 Å². The van der Waals surface area contributed by atoms with E-state index in [1.54, 1.807) is 11.8 Å². The highest BCUT2D eigenvalue weighted by Crippen LogP contribution is 2.16. The van der Waals surface area contributed by atoms with Crippen LogP contribution in [0.25, 0.3) is 0 Å². The van der Waals surface area contributed by atoms with Crippen molar-refractivity contribution in [2.75, 3.05) is 19.0 Å². The van der Waals surface area contributed by atoms with Crippen molar-refractivity contribution in [2.24, 2.45) is 0 Å². The molecule has 0 bridgehead atoms. The maximum Gasteiger partial charge on any atom is 0.230 e. The molecule has 1 aliphatic rings. The fraction of sp³-hybridized carbons (Fsp3) is 0.533. The highest BCUT2D eigenvalue weighted by atomic mass is 32.2. The Kier molecular flexibility index (Phi) is 5.28. The number of carbonyl (C=O) groups excluding carboxylic acids is 1. The number of hydrogen-bond acceptors (Lipinski definition) is 3. The molecule has 1 amide bonds.